The van der Waals surface area contributed by atoms with Gasteiger partial charge in [-0.05, 0) is 55.2 Å². The van der Waals surface area contributed by atoms with E-state index in [0.717, 1.165) is 41.8 Å². The summed E-state index contributed by atoms with van der Waals surface area (Å²) in [5.74, 6) is 0.420. The highest BCUT2D eigenvalue weighted by Gasteiger charge is 2.24. The SMILES string of the molecule is Cc1c(C#N)c(NC(=O)CN(C)c2ccc3ccccc3c2)n(CC2CCCO2)c1C. The number of nitrogens with one attached hydrogen (secondary N) is 1. The molecule has 0 bridgehead atoms. The van der Waals surface area contributed by atoms with Crippen LogP contribution in [-0.2, 0) is 16.1 Å². The van der Waals surface area contributed by atoms with E-state index in [1.807, 2.05) is 48.6 Å². The number of hydrogen-bond donors (Lipinski definition) is 1. The number of aromatic nitrogens is 1. The Morgan fingerprint density at radius 3 is 2.74 bits per heavy atom. The predicted molar refractivity (Wildman–Crippen MR) is 123 cm³/mol. The Labute approximate surface area is 183 Å². The van der Waals surface area contributed by atoms with E-state index < -0.39 is 0 Å². The molecule has 6 heteroatoms. The van der Waals surface area contributed by atoms with Gasteiger partial charge in [0.15, 0.2) is 0 Å². The molecule has 0 radical (unpaired) electrons. The largest absolute Gasteiger partial charge is 0.376 e. The van der Waals surface area contributed by atoms with Crippen LogP contribution in [0, 0.1) is 25.2 Å². The highest BCUT2D eigenvalue weighted by molar-refractivity contribution is 5.95. The van der Waals surface area contributed by atoms with Crippen LogP contribution in [0.3, 0.4) is 0 Å². The average molecular weight is 417 g/mol. The van der Waals surface area contributed by atoms with Crippen molar-refractivity contribution in [3.05, 3.63) is 59.3 Å². The quantitative estimate of drug-likeness (QED) is 0.647. The lowest BCUT2D eigenvalue weighted by molar-refractivity contribution is -0.115. The maximum absolute atomic E-state index is 12.9. The molecule has 1 aliphatic heterocycles. The Hall–Kier alpha value is -3.30. The lowest BCUT2D eigenvalue weighted by atomic mass is 10.1. The minimum Gasteiger partial charge on any atom is -0.376 e. The molecule has 31 heavy (non-hydrogen) atoms. The third-order valence-electron chi connectivity index (χ3n) is 6.16. The van der Waals surface area contributed by atoms with Gasteiger partial charge in [0.1, 0.15) is 11.9 Å². The normalized spacial score (nSPS) is 15.7. The van der Waals surface area contributed by atoms with Crippen molar-refractivity contribution in [1.82, 2.24) is 4.57 Å². The summed E-state index contributed by atoms with van der Waals surface area (Å²) < 4.78 is 7.81. The number of likely N-dealkylation sites (N-methyl/N-ethyl adjacent to an activating group) is 1. The first kappa shape index (κ1) is 21.0. The number of anilines is 2. The van der Waals surface area contributed by atoms with Gasteiger partial charge in [0, 0.05) is 25.0 Å². The molecule has 1 saturated heterocycles. The molecule has 0 spiro atoms. The third kappa shape index (κ3) is 4.28. The van der Waals surface area contributed by atoms with Gasteiger partial charge in [-0.3, -0.25) is 4.79 Å². The fourth-order valence-electron chi connectivity index (χ4n) is 4.24. The topological polar surface area (TPSA) is 70.3 Å². The number of amides is 1. The second kappa shape index (κ2) is 8.83. The van der Waals surface area contributed by atoms with Crippen LogP contribution in [0.2, 0.25) is 0 Å². The number of benzene rings is 2. The van der Waals surface area contributed by atoms with Crippen LogP contribution in [0.15, 0.2) is 42.5 Å². The molecule has 1 unspecified atom stereocenters. The van der Waals surface area contributed by atoms with Gasteiger partial charge in [0.05, 0.1) is 24.8 Å². The van der Waals surface area contributed by atoms with E-state index >= 15 is 0 Å². The average Bonchev–Trinajstić information content (AvgIpc) is 3.36. The molecule has 1 atom stereocenters. The molecular weight excluding hydrogens is 388 g/mol. The molecule has 0 aliphatic carbocycles. The number of carbonyl (C=O) groups excluding carboxylic acids is 1. The summed E-state index contributed by atoms with van der Waals surface area (Å²) in [5, 5.41) is 15.0. The van der Waals surface area contributed by atoms with Crippen molar-refractivity contribution in [2.45, 2.75) is 39.3 Å². The van der Waals surface area contributed by atoms with Gasteiger partial charge in [-0.1, -0.05) is 30.3 Å². The lowest BCUT2D eigenvalue weighted by Gasteiger charge is -2.21. The summed E-state index contributed by atoms with van der Waals surface area (Å²) in [6, 6.07) is 16.6. The van der Waals surface area contributed by atoms with E-state index in [1.54, 1.807) is 0 Å². The lowest BCUT2D eigenvalue weighted by Crippen LogP contribution is -2.31. The van der Waals surface area contributed by atoms with Gasteiger partial charge in [-0.2, -0.15) is 5.26 Å². The van der Waals surface area contributed by atoms with E-state index in [-0.39, 0.29) is 18.6 Å². The van der Waals surface area contributed by atoms with Gasteiger partial charge in [0.2, 0.25) is 5.91 Å². The second-order valence-corrected chi connectivity index (χ2v) is 8.23. The van der Waals surface area contributed by atoms with Gasteiger partial charge >= 0.3 is 0 Å². The zero-order valence-electron chi connectivity index (χ0n) is 18.3. The molecule has 1 fully saturated rings. The Kier molecular flexibility index (Phi) is 5.97. The number of nitriles is 1. The number of ether oxygens (including phenoxy) is 1. The van der Waals surface area contributed by atoms with Gasteiger partial charge in [-0.25, -0.2) is 0 Å². The number of rotatable bonds is 6. The molecule has 3 aromatic rings. The van der Waals surface area contributed by atoms with Crippen LogP contribution in [-0.4, -0.2) is 36.8 Å². The van der Waals surface area contributed by atoms with Crippen LogP contribution in [0.5, 0.6) is 0 Å². The zero-order chi connectivity index (χ0) is 22.0. The molecular formula is C25H28N4O2. The summed E-state index contributed by atoms with van der Waals surface area (Å²) >= 11 is 0. The van der Waals surface area contributed by atoms with Crippen LogP contribution in [0.25, 0.3) is 10.8 Å². The molecule has 2 aromatic carbocycles. The third-order valence-corrected chi connectivity index (χ3v) is 6.16. The van der Waals surface area contributed by atoms with Crippen LogP contribution in [0.4, 0.5) is 11.5 Å². The minimum atomic E-state index is -0.154. The molecule has 160 valence electrons. The Morgan fingerprint density at radius 2 is 2.03 bits per heavy atom. The summed E-state index contributed by atoms with van der Waals surface area (Å²) in [5.41, 5.74) is 3.39. The fraction of sp³-hybridized carbons (Fsp3) is 0.360. The van der Waals surface area contributed by atoms with Gasteiger partial charge in [0.25, 0.3) is 0 Å². The van der Waals surface area contributed by atoms with Crippen molar-refractivity contribution in [3.63, 3.8) is 0 Å². The standard InChI is InChI=1S/C25H28N4O2/c1-17-18(2)29(15-22-9-6-12-31-22)25(23(17)14-26)27-24(30)16-28(3)21-11-10-19-7-4-5-8-20(19)13-21/h4-5,7-8,10-11,13,22H,6,9,12,15-16H2,1-3H3,(H,27,30). The first-order valence-electron chi connectivity index (χ1n) is 10.7. The van der Waals surface area contributed by atoms with Crippen molar-refractivity contribution >= 4 is 28.2 Å². The number of hydrogen-bond acceptors (Lipinski definition) is 4. The Bertz CT molecular complexity index is 1150. The van der Waals surface area contributed by atoms with Crippen molar-refractivity contribution in [2.24, 2.45) is 0 Å². The highest BCUT2D eigenvalue weighted by Crippen LogP contribution is 2.28. The molecule has 1 aliphatic rings. The van der Waals surface area contributed by atoms with E-state index in [9.17, 15) is 10.1 Å². The van der Waals surface area contributed by atoms with E-state index in [4.69, 9.17) is 4.74 Å². The molecule has 4 rings (SSSR count). The monoisotopic (exact) mass is 416 g/mol. The van der Waals surface area contributed by atoms with E-state index in [1.165, 1.54) is 5.39 Å². The van der Waals surface area contributed by atoms with Crippen LogP contribution in [0.1, 0.15) is 29.7 Å². The minimum absolute atomic E-state index is 0.118. The van der Waals surface area contributed by atoms with Crippen LogP contribution < -0.4 is 10.2 Å². The highest BCUT2D eigenvalue weighted by atomic mass is 16.5. The van der Waals surface area contributed by atoms with Gasteiger partial charge in [-0.15, -0.1) is 0 Å². The number of fused-ring (bicyclic) bond motifs is 1. The van der Waals surface area contributed by atoms with E-state index in [0.29, 0.717) is 17.9 Å². The number of nitrogens with zero attached hydrogens (tertiary/aromatic N) is 3. The van der Waals surface area contributed by atoms with Crippen LogP contribution >= 0.6 is 0 Å². The molecule has 1 amide bonds. The first-order chi connectivity index (χ1) is 15.0. The molecule has 2 heterocycles. The Balaban J connectivity index is 1.53. The molecule has 6 nitrogen and oxygen atoms in total. The molecule has 1 aromatic heterocycles. The Morgan fingerprint density at radius 1 is 1.26 bits per heavy atom. The smallest absolute Gasteiger partial charge is 0.245 e. The van der Waals surface area contributed by atoms with E-state index in [2.05, 4.69) is 35.7 Å². The maximum Gasteiger partial charge on any atom is 0.245 e. The summed E-state index contributed by atoms with van der Waals surface area (Å²) in [4.78, 5) is 14.8. The zero-order valence-corrected chi connectivity index (χ0v) is 18.3. The molecule has 0 saturated carbocycles. The number of carbonyl (C=O) groups is 1. The summed E-state index contributed by atoms with van der Waals surface area (Å²) in [6.07, 6.45) is 2.16. The predicted octanol–water partition coefficient (Wildman–Crippen LogP) is 4.38. The first-order valence-corrected chi connectivity index (χ1v) is 10.7. The van der Waals surface area contributed by atoms with Crippen molar-refractivity contribution < 1.29 is 9.53 Å². The van der Waals surface area contributed by atoms with Gasteiger partial charge < -0.3 is 19.5 Å². The molecule has 1 N–H and O–H groups in total. The summed E-state index contributed by atoms with van der Waals surface area (Å²) in [6.45, 7) is 5.52. The fourth-order valence-corrected chi connectivity index (χ4v) is 4.24. The van der Waals surface area contributed by atoms with Crippen molar-refractivity contribution in [1.29, 1.82) is 5.26 Å². The van der Waals surface area contributed by atoms with Crippen molar-refractivity contribution in [3.8, 4) is 6.07 Å². The maximum atomic E-state index is 12.9. The summed E-state index contributed by atoms with van der Waals surface area (Å²) in [7, 11) is 1.90. The van der Waals surface area contributed by atoms with Crippen molar-refractivity contribution in [2.75, 3.05) is 30.4 Å². The second-order valence-electron chi connectivity index (χ2n) is 8.23.